The molecule has 0 bridgehead atoms. The molecule has 7 nitrogen and oxygen atoms in total. The molecule has 36 heavy (non-hydrogen) atoms. The summed E-state index contributed by atoms with van der Waals surface area (Å²) < 4.78 is 1.56. The molecule has 0 spiro atoms. The van der Waals surface area contributed by atoms with Crippen molar-refractivity contribution in [2.24, 2.45) is 5.73 Å². The minimum atomic E-state index is -0.568. The molecule has 3 N–H and O–H groups in total. The van der Waals surface area contributed by atoms with Gasteiger partial charge in [-0.25, -0.2) is 4.68 Å². The molecule has 5 rings (SSSR count). The first-order chi connectivity index (χ1) is 17.3. The smallest absolute Gasteiger partial charge is 0.280 e. The molecule has 2 aromatic carbocycles. The normalized spacial score (nSPS) is 24.5. The van der Waals surface area contributed by atoms with Crippen molar-refractivity contribution in [3.8, 4) is 11.3 Å². The molecule has 8 heteroatoms. The molecule has 2 heterocycles. The van der Waals surface area contributed by atoms with E-state index in [1.54, 1.807) is 15.6 Å². The van der Waals surface area contributed by atoms with Crippen molar-refractivity contribution in [1.29, 1.82) is 0 Å². The Hall–Kier alpha value is -3.00. The molecule has 1 saturated carbocycles. The van der Waals surface area contributed by atoms with Crippen molar-refractivity contribution in [1.82, 2.24) is 20.0 Å². The molecule has 3 aromatic rings. The third-order valence-corrected chi connectivity index (χ3v) is 7.98. The number of benzene rings is 2. The van der Waals surface area contributed by atoms with Gasteiger partial charge in [-0.15, -0.1) is 0 Å². The lowest BCUT2D eigenvalue weighted by Gasteiger charge is -2.43. The molecule has 2 fully saturated rings. The Labute approximate surface area is 216 Å². The Bertz CT molecular complexity index is 1310. The van der Waals surface area contributed by atoms with Crippen molar-refractivity contribution >= 4 is 17.5 Å². The molecule has 1 aromatic heterocycles. The van der Waals surface area contributed by atoms with Gasteiger partial charge >= 0.3 is 0 Å². The Kier molecular flexibility index (Phi) is 6.72. The fraction of sp³-hybridized carbons (Fsp3) is 0.393. The fourth-order valence-electron chi connectivity index (χ4n) is 5.34. The zero-order valence-electron chi connectivity index (χ0n) is 20.5. The number of rotatable bonds is 4. The van der Waals surface area contributed by atoms with Gasteiger partial charge in [-0.1, -0.05) is 54.1 Å². The molecule has 0 radical (unpaired) electrons. The zero-order chi connectivity index (χ0) is 25.3. The summed E-state index contributed by atoms with van der Waals surface area (Å²) >= 11 is 6.23. The van der Waals surface area contributed by atoms with E-state index in [-0.39, 0.29) is 17.0 Å². The number of amides is 1. The predicted molar refractivity (Wildman–Crippen MR) is 142 cm³/mol. The summed E-state index contributed by atoms with van der Waals surface area (Å²) in [6, 6.07) is 19.1. The summed E-state index contributed by atoms with van der Waals surface area (Å²) in [5, 5.41) is 8.74. The molecule has 188 valence electrons. The summed E-state index contributed by atoms with van der Waals surface area (Å²) in [4.78, 5) is 29.0. The number of halogens is 1. The van der Waals surface area contributed by atoms with Gasteiger partial charge in [0, 0.05) is 42.3 Å². The monoisotopic (exact) mass is 505 g/mol. The number of nitrogens with two attached hydrogens (primary N) is 1. The zero-order valence-corrected chi connectivity index (χ0v) is 21.3. The van der Waals surface area contributed by atoms with Crippen LogP contribution in [0, 0.1) is 0 Å². The van der Waals surface area contributed by atoms with Crippen molar-refractivity contribution in [2.45, 2.75) is 43.7 Å². The highest BCUT2D eigenvalue weighted by Crippen LogP contribution is 2.43. The molecule has 1 aliphatic heterocycles. The average molecular weight is 506 g/mol. The van der Waals surface area contributed by atoms with E-state index in [0.29, 0.717) is 49.5 Å². The van der Waals surface area contributed by atoms with Crippen LogP contribution in [0.5, 0.6) is 0 Å². The minimum absolute atomic E-state index is 0.173. The van der Waals surface area contributed by atoms with E-state index in [0.717, 1.165) is 24.2 Å². The van der Waals surface area contributed by atoms with Crippen LogP contribution in [0.3, 0.4) is 0 Å². The number of hydrogen-bond acceptors (Lipinski definition) is 5. The van der Waals surface area contributed by atoms with Crippen LogP contribution in [0.15, 0.2) is 65.5 Å². The SMILES string of the molecule is CC1(n2nc(-c3ccccc3)cc(C(=O)N3CCNCC3)c2=O)CCC(N)(c2cccc(Cl)c2)CC1. The number of carbonyl (C=O) groups excluding carboxylic acids is 1. The Morgan fingerprint density at radius 1 is 1.00 bits per heavy atom. The van der Waals surface area contributed by atoms with Crippen molar-refractivity contribution in [3.05, 3.63) is 87.2 Å². The van der Waals surface area contributed by atoms with E-state index >= 15 is 0 Å². The van der Waals surface area contributed by atoms with Gasteiger partial charge in [-0.3, -0.25) is 9.59 Å². The maximum absolute atomic E-state index is 13.8. The predicted octanol–water partition coefficient (Wildman–Crippen LogP) is 3.75. The molecule has 0 atom stereocenters. The maximum Gasteiger partial charge on any atom is 0.280 e. The molecule has 0 unspecified atom stereocenters. The van der Waals surface area contributed by atoms with Crippen LogP contribution in [0.1, 0.15) is 48.5 Å². The number of piperazine rings is 1. The first kappa shape index (κ1) is 24.7. The van der Waals surface area contributed by atoms with Crippen LogP contribution >= 0.6 is 11.6 Å². The molecule has 1 amide bonds. The molecule has 2 aliphatic rings. The lowest BCUT2D eigenvalue weighted by Crippen LogP contribution is -2.52. The highest BCUT2D eigenvalue weighted by molar-refractivity contribution is 6.30. The lowest BCUT2D eigenvalue weighted by molar-refractivity contribution is 0.0729. The van der Waals surface area contributed by atoms with Crippen molar-refractivity contribution in [2.75, 3.05) is 26.2 Å². The van der Waals surface area contributed by atoms with Gasteiger partial charge in [0.05, 0.1) is 11.2 Å². The van der Waals surface area contributed by atoms with E-state index < -0.39 is 11.1 Å². The van der Waals surface area contributed by atoms with Gasteiger partial charge in [0.15, 0.2) is 0 Å². The van der Waals surface area contributed by atoms with Gasteiger partial charge in [0.1, 0.15) is 5.56 Å². The quantitative estimate of drug-likeness (QED) is 0.563. The summed E-state index contributed by atoms with van der Waals surface area (Å²) in [5.41, 5.74) is 8.08. The largest absolute Gasteiger partial charge is 0.336 e. The number of nitrogens with zero attached hydrogens (tertiary/aromatic N) is 3. The molecule has 1 aliphatic carbocycles. The fourth-order valence-corrected chi connectivity index (χ4v) is 5.53. The maximum atomic E-state index is 13.8. The van der Waals surface area contributed by atoms with Crippen LogP contribution in [0.25, 0.3) is 11.3 Å². The summed E-state index contributed by atoms with van der Waals surface area (Å²) in [6.45, 7) is 4.64. The van der Waals surface area contributed by atoms with Crippen LogP contribution < -0.4 is 16.6 Å². The number of carbonyl (C=O) groups is 1. The van der Waals surface area contributed by atoms with Gasteiger partial charge in [0.2, 0.25) is 0 Å². The summed E-state index contributed by atoms with van der Waals surface area (Å²) in [6.07, 6.45) is 2.66. The summed E-state index contributed by atoms with van der Waals surface area (Å²) in [5.74, 6) is -0.235. The van der Waals surface area contributed by atoms with Crippen LogP contribution in [0.4, 0.5) is 0 Å². The van der Waals surface area contributed by atoms with E-state index in [1.807, 2.05) is 61.5 Å². The van der Waals surface area contributed by atoms with E-state index in [1.165, 1.54) is 0 Å². The highest BCUT2D eigenvalue weighted by atomic mass is 35.5. The topological polar surface area (TPSA) is 93.2 Å². The second kappa shape index (κ2) is 9.81. The first-order valence-electron chi connectivity index (χ1n) is 12.5. The summed E-state index contributed by atoms with van der Waals surface area (Å²) in [7, 11) is 0. The number of hydrogen-bond donors (Lipinski definition) is 2. The third-order valence-electron chi connectivity index (χ3n) is 7.75. The average Bonchev–Trinajstić information content (AvgIpc) is 2.91. The highest BCUT2D eigenvalue weighted by Gasteiger charge is 2.42. The lowest BCUT2D eigenvalue weighted by atomic mass is 9.70. The Morgan fingerprint density at radius 2 is 1.69 bits per heavy atom. The van der Waals surface area contributed by atoms with Crippen LogP contribution in [-0.2, 0) is 11.1 Å². The van der Waals surface area contributed by atoms with Crippen molar-refractivity contribution < 1.29 is 4.79 Å². The van der Waals surface area contributed by atoms with Crippen molar-refractivity contribution in [3.63, 3.8) is 0 Å². The Morgan fingerprint density at radius 3 is 2.36 bits per heavy atom. The van der Waals surface area contributed by atoms with Gasteiger partial charge < -0.3 is 16.0 Å². The molecule has 1 saturated heterocycles. The van der Waals surface area contributed by atoms with Crippen LogP contribution in [-0.4, -0.2) is 46.8 Å². The second-order valence-electron chi connectivity index (χ2n) is 10.2. The number of nitrogens with one attached hydrogen (secondary N) is 1. The number of aromatic nitrogens is 2. The Balaban J connectivity index is 1.53. The standard InChI is InChI=1S/C28H32ClN5O2/c1-27(10-12-28(30,13-11-27)21-8-5-9-22(29)18-21)34-26(36)23(25(35)33-16-14-31-15-17-33)19-24(32-34)20-6-3-2-4-7-20/h2-9,18-19,31H,10-17,30H2,1H3. The third kappa shape index (κ3) is 4.71. The minimum Gasteiger partial charge on any atom is -0.336 e. The van der Waals surface area contributed by atoms with E-state index in [2.05, 4.69) is 5.32 Å². The first-order valence-corrected chi connectivity index (χ1v) is 12.9. The van der Waals surface area contributed by atoms with E-state index in [4.69, 9.17) is 22.4 Å². The molecular formula is C28H32ClN5O2. The van der Waals surface area contributed by atoms with E-state index in [9.17, 15) is 9.59 Å². The molecular weight excluding hydrogens is 474 g/mol. The van der Waals surface area contributed by atoms with Crippen LogP contribution in [0.2, 0.25) is 5.02 Å². The van der Waals surface area contributed by atoms with Gasteiger partial charge in [0.25, 0.3) is 11.5 Å². The van der Waals surface area contributed by atoms with Gasteiger partial charge in [-0.05, 0) is 56.4 Å². The van der Waals surface area contributed by atoms with Gasteiger partial charge in [-0.2, -0.15) is 5.10 Å². The second-order valence-corrected chi connectivity index (χ2v) is 10.7.